The molecular formula is C67H108O6. The number of carbonyl (C=O) groups excluding carboxylic acids is 3. The van der Waals surface area contributed by atoms with E-state index in [0.717, 1.165) is 128 Å². The SMILES string of the molecule is CC/C=C\C/C=C\C/C=C\C/C=C\C/C=C\C/C=C\CCCCCCCCCCCCCCCCC(=O)OCC(COC(=O)CCCCCCC)OC(=O)CCC/C=C\C/C=C\C/C=C\C/C=C\C/C=C\CC. The van der Waals surface area contributed by atoms with Crippen molar-refractivity contribution in [1.82, 2.24) is 0 Å². The van der Waals surface area contributed by atoms with Crippen LogP contribution in [0.5, 0.6) is 0 Å². The highest BCUT2D eigenvalue weighted by molar-refractivity contribution is 5.71. The molecule has 0 aliphatic rings. The predicted octanol–water partition coefficient (Wildman–Crippen LogP) is 20.2. The third-order valence-electron chi connectivity index (χ3n) is 12.2. The molecule has 0 fully saturated rings. The third kappa shape index (κ3) is 58.3. The minimum Gasteiger partial charge on any atom is -0.462 e. The number of rotatable bonds is 52. The van der Waals surface area contributed by atoms with Crippen molar-refractivity contribution in [1.29, 1.82) is 0 Å². The predicted molar refractivity (Wildman–Crippen MR) is 316 cm³/mol. The first-order chi connectivity index (χ1) is 36.0. The summed E-state index contributed by atoms with van der Waals surface area (Å²) in [5.74, 6) is -0.980. The second kappa shape index (κ2) is 60.1. The van der Waals surface area contributed by atoms with E-state index in [9.17, 15) is 14.4 Å². The van der Waals surface area contributed by atoms with Crippen molar-refractivity contribution in [2.75, 3.05) is 13.2 Å². The summed E-state index contributed by atoms with van der Waals surface area (Å²) >= 11 is 0. The van der Waals surface area contributed by atoms with Gasteiger partial charge < -0.3 is 14.2 Å². The summed E-state index contributed by atoms with van der Waals surface area (Å²) in [5.41, 5.74) is 0. The van der Waals surface area contributed by atoms with Crippen LogP contribution in [0, 0.1) is 0 Å². The highest BCUT2D eigenvalue weighted by Crippen LogP contribution is 2.15. The Hall–Kier alpha value is -4.45. The van der Waals surface area contributed by atoms with Crippen LogP contribution in [0.25, 0.3) is 0 Å². The van der Waals surface area contributed by atoms with E-state index in [2.05, 4.69) is 154 Å². The lowest BCUT2D eigenvalue weighted by Crippen LogP contribution is -2.30. The molecule has 6 heteroatoms. The highest BCUT2D eigenvalue weighted by atomic mass is 16.6. The van der Waals surface area contributed by atoms with E-state index in [1.807, 2.05) is 0 Å². The third-order valence-corrected chi connectivity index (χ3v) is 12.2. The fourth-order valence-electron chi connectivity index (χ4n) is 7.78. The number of allylic oxidation sites excluding steroid dienone is 22. The molecule has 0 amide bonds. The molecule has 6 nitrogen and oxygen atoms in total. The van der Waals surface area contributed by atoms with Crippen LogP contribution in [0.2, 0.25) is 0 Å². The fourth-order valence-corrected chi connectivity index (χ4v) is 7.78. The molecule has 0 radical (unpaired) electrons. The number of esters is 3. The minimum atomic E-state index is -0.807. The minimum absolute atomic E-state index is 0.103. The Morgan fingerprint density at radius 3 is 0.877 bits per heavy atom. The Morgan fingerprint density at radius 1 is 0.288 bits per heavy atom. The van der Waals surface area contributed by atoms with Gasteiger partial charge in [0.2, 0.25) is 0 Å². The van der Waals surface area contributed by atoms with Crippen LogP contribution in [-0.4, -0.2) is 37.2 Å². The quantitative estimate of drug-likeness (QED) is 0.0261. The van der Waals surface area contributed by atoms with Gasteiger partial charge >= 0.3 is 17.9 Å². The second-order valence-electron chi connectivity index (χ2n) is 19.1. The van der Waals surface area contributed by atoms with Gasteiger partial charge in [-0.3, -0.25) is 14.4 Å². The van der Waals surface area contributed by atoms with Gasteiger partial charge in [0.25, 0.3) is 0 Å². The molecular weight excluding hydrogens is 901 g/mol. The van der Waals surface area contributed by atoms with E-state index in [4.69, 9.17) is 14.2 Å². The molecule has 0 rings (SSSR count). The Balaban J connectivity index is 4.07. The summed E-state index contributed by atoms with van der Waals surface area (Å²) in [6.07, 6.45) is 85.1. The molecule has 0 bridgehead atoms. The summed E-state index contributed by atoms with van der Waals surface area (Å²) in [7, 11) is 0. The van der Waals surface area contributed by atoms with E-state index in [0.29, 0.717) is 19.3 Å². The topological polar surface area (TPSA) is 78.9 Å². The summed E-state index contributed by atoms with van der Waals surface area (Å²) in [4.78, 5) is 37.8. The Morgan fingerprint density at radius 2 is 0.548 bits per heavy atom. The number of hydrogen-bond donors (Lipinski definition) is 0. The number of unbranched alkanes of at least 4 members (excludes halogenated alkanes) is 19. The van der Waals surface area contributed by atoms with Gasteiger partial charge in [-0.25, -0.2) is 0 Å². The van der Waals surface area contributed by atoms with Gasteiger partial charge in [-0.1, -0.05) is 257 Å². The van der Waals surface area contributed by atoms with Gasteiger partial charge in [-0.2, -0.15) is 0 Å². The van der Waals surface area contributed by atoms with Crippen LogP contribution in [0.3, 0.4) is 0 Å². The van der Waals surface area contributed by atoms with Crippen molar-refractivity contribution in [3.05, 3.63) is 134 Å². The van der Waals surface area contributed by atoms with Crippen molar-refractivity contribution in [3.8, 4) is 0 Å². The lowest BCUT2D eigenvalue weighted by Gasteiger charge is -2.18. The van der Waals surface area contributed by atoms with E-state index >= 15 is 0 Å². The molecule has 0 N–H and O–H groups in total. The molecule has 0 aliphatic carbocycles. The van der Waals surface area contributed by atoms with Crippen LogP contribution in [0.15, 0.2) is 134 Å². The zero-order valence-corrected chi connectivity index (χ0v) is 47.1. The molecule has 0 aliphatic heterocycles. The smallest absolute Gasteiger partial charge is 0.306 e. The van der Waals surface area contributed by atoms with Crippen LogP contribution in [-0.2, 0) is 28.6 Å². The van der Waals surface area contributed by atoms with Crippen molar-refractivity contribution >= 4 is 17.9 Å². The number of ether oxygens (including phenoxy) is 3. The van der Waals surface area contributed by atoms with Crippen LogP contribution in [0.4, 0.5) is 0 Å². The second-order valence-corrected chi connectivity index (χ2v) is 19.1. The van der Waals surface area contributed by atoms with Gasteiger partial charge in [-0.15, -0.1) is 0 Å². The summed E-state index contributed by atoms with van der Waals surface area (Å²) in [6.45, 7) is 6.27. The van der Waals surface area contributed by atoms with Crippen molar-refractivity contribution in [2.45, 2.75) is 258 Å². The molecule has 0 saturated heterocycles. The van der Waals surface area contributed by atoms with Gasteiger partial charge in [0, 0.05) is 19.3 Å². The highest BCUT2D eigenvalue weighted by Gasteiger charge is 2.19. The Kier molecular flexibility index (Phi) is 56.4. The monoisotopic (exact) mass is 1010 g/mol. The fraction of sp³-hybridized carbons (Fsp3) is 0.627. The molecule has 0 saturated carbocycles. The molecule has 73 heavy (non-hydrogen) atoms. The van der Waals surface area contributed by atoms with E-state index in [1.165, 1.54) is 77.0 Å². The normalized spacial score (nSPS) is 13.1. The first-order valence-corrected chi connectivity index (χ1v) is 29.7. The van der Waals surface area contributed by atoms with E-state index in [1.54, 1.807) is 0 Å². The molecule has 0 heterocycles. The maximum Gasteiger partial charge on any atom is 0.306 e. The van der Waals surface area contributed by atoms with Gasteiger partial charge in [-0.05, 0) is 109 Å². The number of hydrogen-bond acceptors (Lipinski definition) is 6. The maximum atomic E-state index is 12.7. The first-order valence-electron chi connectivity index (χ1n) is 29.7. The standard InChI is InChI=1S/C67H108O6/c1-4-7-10-13-15-17-19-21-23-25-26-27-28-29-30-31-32-33-34-35-36-37-38-39-40-42-43-45-47-49-51-54-57-60-66(69)72-63-64(62-71-65(68)59-56-53-12-9-6-3)73-67(70)61-58-55-52-50-48-46-44-41-24-22-20-18-16-14-11-8-5-2/h7-8,10-11,15-18,21-24,26-27,29-30,32-33,44,46,50,52,64H,4-6,9,12-14,19-20,25,28,31,34-43,45,47-49,51,53-63H2,1-3H3/b10-7-,11-8-,17-15-,18-16-,23-21-,24-22-,27-26-,30-29-,33-32-,46-44-,52-50-. The Bertz CT molecular complexity index is 1580. The average Bonchev–Trinajstić information content (AvgIpc) is 3.39. The molecule has 0 aromatic carbocycles. The van der Waals surface area contributed by atoms with Crippen molar-refractivity contribution in [2.24, 2.45) is 0 Å². The van der Waals surface area contributed by atoms with Gasteiger partial charge in [0.15, 0.2) is 6.10 Å². The number of carbonyl (C=O) groups is 3. The average molecular weight is 1010 g/mol. The lowest BCUT2D eigenvalue weighted by molar-refractivity contribution is -0.167. The molecule has 1 unspecified atom stereocenters. The molecule has 1 atom stereocenters. The first kappa shape index (κ1) is 68.6. The molecule has 0 aromatic heterocycles. The zero-order valence-electron chi connectivity index (χ0n) is 47.1. The van der Waals surface area contributed by atoms with Crippen LogP contribution >= 0.6 is 0 Å². The largest absolute Gasteiger partial charge is 0.462 e. The summed E-state index contributed by atoms with van der Waals surface area (Å²) < 4.78 is 16.7. The van der Waals surface area contributed by atoms with Crippen LogP contribution < -0.4 is 0 Å². The van der Waals surface area contributed by atoms with E-state index in [-0.39, 0.29) is 37.5 Å². The molecule has 0 aromatic rings. The van der Waals surface area contributed by atoms with Crippen molar-refractivity contribution in [3.63, 3.8) is 0 Å². The van der Waals surface area contributed by atoms with Crippen molar-refractivity contribution < 1.29 is 28.6 Å². The molecule has 0 spiro atoms. The Labute approximate surface area is 449 Å². The van der Waals surface area contributed by atoms with Crippen LogP contribution in [0.1, 0.15) is 252 Å². The maximum absolute atomic E-state index is 12.7. The summed E-state index contributed by atoms with van der Waals surface area (Å²) in [5, 5.41) is 0. The van der Waals surface area contributed by atoms with Gasteiger partial charge in [0.05, 0.1) is 0 Å². The molecule has 412 valence electrons. The summed E-state index contributed by atoms with van der Waals surface area (Å²) in [6, 6.07) is 0. The zero-order chi connectivity index (χ0) is 52.9. The van der Waals surface area contributed by atoms with E-state index < -0.39 is 6.10 Å². The van der Waals surface area contributed by atoms with Gasteiger partial charge in [0.1, 0.15) is 13.2 Å². The lowest BCUT2D eigenvalue weighted by atomic mass is 10.0.